The van der Waals surface area contributed by atoms with E-state index in [4.69, 9.17) is 11.5 Å². The molecule has 2 bridgehead atoms. The van der Waals surface area contributed by atoms with Crippen molar-refractivity contribution in [1.82, 2.24) is 15.1 Å². The normalized spacial score (nSPS) is 36.5. The summed E-state index contributed by atoms with van der Waals surface area (Å²) in [5.74, 6) is -3.14. The highest BCUT2D eigenvalue weighted by Crippen LogP contribution is 2.59. The molecule has 0 unspecified atom stereocenters. The summed E-state index contributed by atoms with van der Waals surface area (Å²) in [5, 5.41) is 2.81. The van der Waals surface area contributed by atoms with E-state index < -0.39 is 58.7 Å². The first-order valence-corrected chi connectivity index (χ1v) is 14.3. The Labute approximate surface area is 237 Å². The summed E-state index contributed by atoms with van der Waals surface area (Å²) in [6.45, 7) is 5.74. The molecule has 220 valence electrons. The van der Waals surface area contributed by atoms with Crippen LogP contribution in [0.2, 0.25) is 0 Å². The molecule has 41 heavy (non-hydrogen) atoms. The number of alkyl halides is 1. The van der Waals surface area contributed by atoms with Gasteiger partial charge in [0.15, 0.2) is 0 Å². The van der Waals surface area contributed by atoms with Crippen LogP contribution in [-0.4, -0.2) is 70.8 Å². The van der Waals surface area contributed by atoms with Gasteiger partial charge in [0.25, 0.3) is 0 Å². The van der Waals surface area contributed by atoms with Crippen molar-refractivity contribution in [2.24, 2.45) is 46.0 Å². The van der Waals surface area contributed by atoms with Crippen molar-refractivity contribution < 1.29 is 28.0 Å². The number of amides is 4. The number of fused-ring (bicyclic) bond motifs is 5. The highest BCUT2D eigenvalue weighted by atomic mass is 19.1. The fourth-order valence-electron chi connectivity index (χ4n) is 8.07. The fraction of sp³-hybridized carbons (Fsp3) is 0.600. The Morgan fingerprint density at radius 2 is 1.78 bits per heavy atom. The molecule has 2 saturated heterocycles. The summed E-state index contributed by atoms with van der Waals surface area (Å²) < 4.78 is 28.5. The maximum absolute atomic E-state index is 15.1. The average molecular weight is 570 g/mol. The number of carbonyl (C=O) groups is 4. The van der Waals surface area contributed by atoms with Crippen molar-refractivity contribution in [3.8, 4) is 0 Å². The molecule has 9 nitrogen and oxygen atoms in total. The molecular weight excluding hydrogens is 532 g/mol. The number of hydrogen-bond acceptors (Lipinski definition) is 5. The topological polar surface area (TPSA) is 139 Å². The second-order valence-electron chi connectivity index (χ2n) is 13.7. The van der Waals surface area contributed by atoms with Crippen LogP contribution in [0.5, 0.6) is 0 Å². The number of halogens is 2. The molecule has 4 fully saturated rings. The van der Waals surface area contributed by atoms with Crippen LogP contribution in [0.15, 0.2) is 30.3 Å². The molecule has 5 aliphatic rings. The molecule has 3 heterocycles. The SMILES string of the molecule is CC(C)(C)[C@H](N)C(=O)N1C[C@@H]2[C@H]3C[C@@H]([C@@H]2[C@H]1C(=O)N1C[C@]2(C=C(c4ccc(F)cc4)NC2=O)C[C@H]1C(N)=O)[C@H](F)C3. The minimum Gasteiger partial charge on any atom is -0.368 e. The predicted molar refractivity (Wildman–Crippen MR) is 145 cm³/mol. The average Bonchev–Trinajstić information content (AvgIpc) is 3.70. The van der Waals surface area contributed by atoms with Crippen LogP contribution < -0.4 is 16.8 Å². The Morgan fingerprint density at radius 3 is 2.41 bits per heavy atom. The molecular formula is C30H37F2N5O4. The van der Waals surface area contributed by atoms with Gasteiger partial charge in [-0.2, -0.15) is 0 Å². The molecule has 0 radical (unpaired) electrons. The van der Waals surface area contributed by atoms with Gasteiger partial charge < -0.3 is 26.6 Å². The molecule has 2 saturated carbocycles. The van der Waals surface area contributed by atoms with Gasteiger partial charge in [0.05, 0.1) is 11.5 Å². The van der Waals surface area contributed by atoms with Gasteiger partial charge in [-0.15, -0.1) is 0 Å². The summed E-state index contributed by atoms with van der Waals surface area (Å²) in [6, 6.07) is 2.67. The quantitative estimate of drug-likeness (QED) is 0.505. The third-order valence-corrected chi connectivity index (χ3v) is 10.3. The minimum atomic E-state index is -1.23. The van der Waals surface area contributed by atoms with Gasteiger partial charge in [0.2, 0.25) is 23.6 Å². The highest BCUT2D eigenvalue weighted by Gasteiger charge is 2.65. The minimum absolute atomic E-state index is 0.0274. The molecule has 1 aromatic carbocycles. The van der Waals surface area contributed by atoms with E-state index in [-0.39, 0.29) is 42.5 Å². The number of carbonyl (C=O) groups excluding carboxylic acids is 4. The Bertz CT molecular complexity index is 1340. The van der Waals surface area contributed by atoms with Crippen molar-refractivity contribution in [3.63, 3.8) is 0 Å². The van der Waals surface area contributed by atoms with Crippen molar-refractivity contribution in [2.45, 2.75) is 64.3 Å². The van der Waals surface area contributed by atoms with Crippen molar-refractivity contribution in [1.29, 1.82) is 0 Å². The Hall–Kier alpha value is -3.34. The van der Waals surface area contributed by atoms with Crippen molar-refractivity contribution in [2.75, 3.05) is 13.1 Å². The van der Waals surface area contributed by atoms with Gasteiger partial charge in [0, 0.05) is 18.8 Å². The lowest BCUT2D eigenvalue weighted by Crippen LogP contribution is -2.58. The van der Waals surface area contributed by atoms with Gasteiger partial charge in [0.1, 0.15) is 24.1 Å². The van der Waals surface area contributed by atoms with Gasteiger partial charge in [-0.1, -0.05) is 20.8 Å². The third kappa shape index (κ3) is 4.26. The van der Waals surface area contributed by atoms with E-state index in [0.29, 0.717) is 30.6 Å². The number of primary amides is 1. The molecule has 2 aliphatic carbocycles. The first-order chi connectivity index (χ1) is 19.2. The van der Waals surface area contributed by atoms with E-state index >= 15 is 4.39 Å². The van der Waals surface area contributed by atoms with E-state index in [2.05, 4.69) is 5.32 Å². The van der Waals surface area contributed by atoms with Crippen LogP contribution in [-0.2, 0) is 19.2 Å². The van der Waals surface area contributed by atoms with Gasteiger partial charge >= 0.3 is 0 Å². The number of nitrogens with zero attached hydrogens (tertiary/aromatic N) is 2. The zero-order valence-electron chi connectivity index (χ0n) is 23.5. The standard InChI is InChI=1S/C30H37F2N5O4/c1-29(2,3)24(33)27(40)36-12-18-15-8-17(19(32)9-15)22(18)23(36)26(39)37-13-30(11-21(37)25(34)38)10-20(35-28(30)41)14-4-6-16(31)7-5-14/h4-7,10,15,17-19,21-24H,8-9,11-13,33H2,1-3H3,(H2,34,38)(H,35,41)/t15-,17+,18+,19+,21-,22-,23-,24+,30-/m0/s1. The third-order valence-electron chi connectivity index (χ3n) is 10.3. The number of nitrogens with two attached hydrogens (primary N) is 2. The fourth-order valence-corrected chi connectivity index (χ4v) is 8.07. The summed E-state index contributed by atoms with van der Waals surface area (Å²) in [5.41, 5.74) is 11.4. The molecule has 4 amide bonds. The maximum atomic E-state index is 15.1. The Morgan fingerprint density at radius 1 is 1.10 bits per heavy atom. The Kier molecular flexibility index (Phi) is 6.33. The summed E-state index contributed by atoms with van der Waals surface area (Å²) >= 11 is 0. The number of benzene rings is 1. The molecule has 3 aliphatic heterocycles. The predicted octanol–water partition coefficient (Wildman–Crippen LogP) is 1.56. The van der Waals surface area contributed by atoms with Crippen LogP contribution in [0.25, 0.3) is 5.70 Å². The molecule has 6 rings (SSSR count). The van der Waals surface area contributed by atoms with E-state index in [9.17, 15) is 23.6 Å². The Balaban J connectivity index is 1.35. The number of nitrogens with one attached hydrogen (secondary N) is 1. The van der Waals surface area contributed by atoms with Gasteiger partial charge in [-0.05, 0) is 84.3 Å². The van der Waals surface area contributed by atoms with Crippen LogP contribution in [0.3, 0.4) is 0 Å². The number of rotatable bonds is 4. The molecule has 9 atom stereocenters. The monoisotopic (exact) mass is 569 g/mol. The molecule has 1 spiro atoms. The highest BCUT2D eigenvalue weighted by molar-refractivity contribution is 6.02. The lowest BCUT2D eigenvalue weighted by molar-refractivity contribution is -0.149. The second-order valence-corrected chi connectivity index (χ2v) is 13.7. The maximum Gasteiger partial charge on any atom is 0.246 e. The van der Waals surface area contributed by atoms with Crippen molar-refractivity contribution >= 4 is 29.3 Å². The van der Waals surface area contributed by atoms with Crippen LogP contribution >= 0.6 is 0 Å². The molecule has 11 heteroatoms. The van der Waals surface area contributed by atoms with E-state index in [1.165, 1.54) is 34.1 Å². The van der Waals surface area contributed by atoms with E-state index in [1.807, 2.05) is 20.8 Å². The molecule has 0 aromatic heterocycles. The number of likely N-dealkylation sites (tertiary alicyclic amines) is 2. The first-order valence-electron chi connectivity index (χ1n) is 14.3. The van der Waals surface area contributed by atoms with Crippen LogP contribution in [0.1, 0.15) is 45.6 Å². The van der Waals surface area contributed by atoms with Crippen molar-refractivity contribution in [3.05, 3.63) is 41.7 Å². The van der Waals surface area contributed by atoms with Crippen LogP contribution in [0, 0.1) is 40.3 Å². The largest absolute Gasteiger partial charge is 0.368 e. The van der Waals surface area contributed by atoms with E-state index in [0.717, 1.165) is 0 Å². The van der Waals surface area contributed by atoms with Gasteiger partial charge in [-0.3, -0.25) is 19.2 Å². The molecule has 5 N–H and O–H groups in total. The van der Waals surface area contributed by atoms with Gasteiger partial charge in [-0.25, -0.2) is 8.78 Å². The number of hydrogen-bond donors (Lipinski definition) is 3. The van der Waals surface area contributed by atoms with Crippen LogP contribution in [0.4, 0.5) is 8.78 Å². The summed E-state index contributed by atoms with van der Waals surface area (Å²) in [4.78, 5) is 57.1. The zero-order valence-corrected chi connectivity index (χ0v) is 23.5. The lowest BCUT2D eigenvalue weighted by Gasteiger charge is -2.37. The zero-order chi connectivity index (χ0) is 29.6. The first kappa shape index (κ1) is 27.8. The summed E-state index contributed by atoms with van der Waals surface area (Å²) in [7, 11) is 0. The second kappa shape index (κ2) is 9.34. The summed E-state index contributed by atoms with van der Waals surface area (Å²) in [6.07, 6.45) is 1.69. The molecule has 1 aromatic rings. The van der Waals surface area contributed by atoms with E-state index in [1.54, 1.807) is 6.08 Å². The lowest BCUT2D eigenvalue weighted by atomic mass is 9.77. The smallest absolute Gasteiger partial charge is 0.246 e.